The molecular weight excluding hydrogens is 587 g/mol. The second-order valence-electron chi connectivity index (χ2n) is 12.1. The molecule has 0 saturated carbocycles. The second-order valence-corrected chi connectivity index (χ2v) is 12.1. The van der Waals surface area contributed by atoms with Crippen molar-refractivity contribution in [3.8, 4) is 34.2 Å². The zero-order valence-corrected chi connectivity index (χ0v) is 25.8. The molecule has 0 radical (unpaired) electrons. The third kappa shape index (κ3) is 4.08. The summed E-state index contributed by atoms with van der Waals surface area (Å²) in [6.07, 6.45) is 4.00. The summed E-state index contributed by atoms with van der Waals surface area (Å²) >= 11 is 0. The first kappa shape index (κ1) is 26.6. The zero-order chi connectivity index (χ0) is 31.6. The highest BCUT2D eigenvalue weighted by molar-refractivity contribution is 6.23. The topological polar surface area (TPSA) is 48.5 Å². The molecule has 5 heteroatoms. The summed E-state index contributed by atoms with van der Waals surface area (Å²) in [7, 11) is 0. The van der Waals surface area contributed by atoms with Gasteiger partial charge in [-0.15, -0.1) is 0 Å². The van der Waals surface area contributed by atoms with Crippen molar-refractivity contribution in [2.24, 2.45) is 0 Å². The monoisotopic (exact) mass is 613 g/mol. The fourth-order valence-electron chi connectivity index (χ4n) is 7.16. The second kappa shape index (κ2) is 10.5. The van der Waals surface area contributed by atoms with Gasteiger partial charge in [0.25, 0.3) is 0 Å². The normalized spacial score (nSPS) is 11.8. The first-order chi connectivity index (χ1) is 23.8. The summed E-state index contributed by atoms with van der Waals surface area (Å²) in [6.45, 7) is 0. The van der Waals surface area contributed by atoms with Crippen molar-refractivity contribution in [3.63, 3.8) is 0 Å². The summed E-state index contributed by atoms with van der Waals surface area (Å²) < 4.78 is 4.51. The van der Waals surface area contributed by atoms with Gasteiger partial charge in [-0.25, -0.2) is 9.97 Å². The minimum Gasteiger partial charge on any atom is -0.317 e. The number of rotatable bonds is 4. The third-order valence-corrected chi connectivity index (χ3v) is 9.41. The summed E-state index contributed by atoms with van der Waals surface area (Å²) in [5, 5.41) is 6.97. The van der Waals surface area contributed by atoms with Crippen LogP contribution >= 0.6 is 0 Å². The quantitative estimate of drug-likeness (QED) is 0.198. The number of nitrogens with zero attached hydrogens (tertiary/aromatic N) is 5. The van der Waals surface area contributed by atoms with Crippen molar-refractivity contribution in [2.75, 3.05) is 0 Å². The molecule has 0 aliphatic rings. The Labute approximate surface area is 276 Å². The molecule has 0 aliphatic heterocycles. The predicted octanol–water partition coefficient (Wildman–Crippen LogP) is 10.6. The molecule has 4 aromatic heterocycles. The molecule has 4 heterocycles. The Bertz CT molecular complexity index is 2810. The molecule has 0 fully saturated rings. The van der Waals surface area contributed by atoms with Crippen LogP contribution in [0.25, 0.3) is 88.5 Å². The highest BCUT2D eigenvalue weighted by atomic mass is 15.2. The SMILES string of the molecule is c1ccc(-n2ccc3c4c5cc6ccccc6cc5n(-c5nc(-c6ccc(-c7ccccn7)cc6)c6ccccc6n5)c4ccc32)cc1. The molecule has 48 heavy (non-hydrogen) atoms. The lowest BCUT2D eigenvalue weighted by Gasteiger charge is -2.12. The Morgan fingerprint density at radius 3 is 2.04 bits per heavy atom. The van der Waals surface area contributed by atoms with Crippen molar-refractivity contribution in [2.45, 2.75) is 0 Å². The number of hydrogen-bond acceptors (Lipinski definition) is 3. The van der Waals surface area contributed by atoms with Crippen LogP contribution in [-0.4, -0.2) is 24.1 Å². The van der Waals surface area contributed by atoms with Crippen LogP contribution in [0, 0.1) is 0 Å². The van der Waals surface area contributed by atoms with Crippen molar-refractivity contribution in [1.82, 2.24) is 24.1 Å². The average Bonchev–Trinajstić information content (AvgIpc) is 3.73. The largest absolute Gasteiger partial charge is 0.317 e. The molecule has 0 unspecified atom stereocenters. The van der Waals surface area contributed by atoms with Gasteiger partial charge in [0.15, 0.2) is 0 Å². The highest BCUT2D eigenvalue weighted by Gasteiger charge is 2.20. The predicted molar refractivity (Wildman–Crippen MR) is 197 cm³/mol. The van der Waals surface area contributed by atoms with E-state index in [9.17, 15) is 0 Å². The van der Waals surface area contributed by atoms with E-state index in [1.807, 2.05) is 30.5 Å². The number of fused-ring (bicyclic) bond motifs is 7. The lowest BCUT2D eigenvalue weighted by atomic mass is 10.0. The van der Waals surface area contributed by atoms with Gasteiger partial charge >= 0.3 is 0 Å². The van der Waals surface area contributed by atoms with Gasteiger partial charge in [-0.3, -0.25) is 9.55 Å². The molecule has 0 spiro atoms. The van der Waals surface area contributed by atoms with Crippen molar-refractivity contribution in [1.29, 1.82) is 0 Å². The van der Waals surface area contributed by atoms with E-state index in [0.717, 1.165) is 55.7 Å². The maximum absolute atomic E-state index is 5.36. The fraction of sp³-hybridized carbons (Fsp3) is 0. The van der Waals surface area contributed by atoms with E-state index < -0.39 is 0 Å². The molecule has 0 aliphatic carbocycles. The van der Waals surface area contributed by atoms with E-state index in [-0.39, 0.29) is 0 Å². The van der Waals surface area contributed by atoms with Gasteiger partial charge in [-0.2, -0.15) is 0 Å². The van der Waals surface area contributed by atoms with Gasteiger partial charge < -0.3 is 4.57 Å². The van der Waals surface area contributed by atoms with Crippen LogP contribution < -0.4 is 0 Å². The van der Waals surface area contributed by atoms with Crippen molar-refractivity contribution >= 4 is 54.4 Å². The molecule has 5 nitrogen and oxygen atoms in total. The van der Waals surface area contributed by atoms with Gasteiger partial charge in [-0.1, -0.05) is 91.0 Å². The summed E-state index contributed by atoms with van der Waals surface area (Å²) in [4.78, 5) is 15.1. The third-order valence-electron chi connectivity index (χ3n) is 9.41. The molecule has 10 rings (SSSR count). The van der Waals surface area contributed by atoms with E-state index in [2.05, 4.69) is 148 Å². The van der Waals surface area contributed by atoms with Crippen LogP contribution in [0.1, 0.15) is 0 Å². The Morgan fingerprint density at radius 2 is 1.21 bits per heavy atom. The van der Waals surface area contributed by atoms with Gasteiger partial charge in [0.1, 0.15) is 0 Å². The molecule has 0 amide bonds. The Balaban J connectivity index is 1.26. The molecule has 0 bridgehead atoms. The first-order valence-electron chi connectivity index (χ1n) is 16.1. The van der Waals surface area contributed by atoms with Crippen LogP contribution in [-0.2, 0) is 0 Å². The van der Waals surface area contributed by atoms with E-state index in [4.69, 9.17) is 9.97 Å². The Hall–Kier alpha value is -6.59. The van der Waals surface area contributed by atoms with E-state index in [1.165, 1.54) is 26.9 Å². The number of benzene rings is 6. The molecular formula is C43H27N5. The molecule has 10 aromatic rings. The molecule has 0 N–H and O–H groups in total. The lowest BCUT2D eigenvalue weighted by Crippen LogP contribution is -2.03. The van der Waals surface area contributed by atoms with Crippen LogP contribution in [0.15, 0.2) is 164 Å². The first-order valence-corrected chi connectivity index (χ1v) is 16.1. The van der Waals surface area contributed by atoms with Crippen molar-refractivity contribution < 1.29 is 0 Å². The maximum Gasteiger partial charge on any atom is 0.235 e. The fourth-order valence-corrected chi connectivity index (χ4v) is 7.16. The van der Waals surface area contributed by atoms with E-state index >= 15 is 0 Å². The maximum atomic E-state index is 5.36. The van der Waals surface area contributed by atoms with Crippen LogP contribution in [0.2, 0.25) is 0 Å². The minimum atomic E-state index is 0.648. The number of aromatic nitrogens is 5. The Kier molecular flexibility index (Phi) is 5.81. The zero-order valence-electron chi connectivity index (χ0n) is 25.8. The number of para-hydroxylation sites is 2. The number of hydrogen-bond donors (Lipinski definition) is 0. The van der Waals surface area contributed by atoms with Crippen LogP contribution in [0.5, 0.6) is 0 Å². The smallest absolute Gasteiger partial charge is 0.235 e. The highest BCUT2D eigenvalue weighted by Crippen LogP contribution is 2.40. The standard InChI is InChI=1S/C43H27N5/c1-2-12-32(13-3-1)47-25-23-34-38(47)21-22-39-41(34)35-26-30-10-4-5-11-31(30)27-40(35)48(39)43-45-37-16-7-6-14-33(37)42(46-43)29-19-17-28(18-20-29)36-15-8-9-24-44-36/h1-27H. The Morgan fingerprint density at radius 1 is 0.479 bits per heavy atom. The molecule has 0 atom stereocenters. The van der Waals surface area contributed by atoms with E-state index in [0.29, 0.717) is 5.95 Å². The number of pyridine rings is 1. The summed E-state index contributed by atoms with van der Waals surface area (Å²) in [5.74, 6) is 0.648. The van der Waals surface area contributed by atoms with Crippen LogP contribution in [0.4, 0.5) is 0 Å². The van der Waals surface area contributed by atoms with Gasteiger partial charge in [0.05, 0.1) is 33.5 Å². The van der Waals surface area contributed by atoms with Gasteiger partial charge in [0, 0.05) is 50.8 Å². The summed E-state index contributed by atoms with van der Waals surface area (Å²) in [5.41, 5.74) is 9.30. The van der Waals surface area contributed by atoms with Crippen molar-refractivity contribution in [3.05, 3.63) is 164 Å². The van der Waals surface area contributed by atoms with Crippen LogP contribution in [0.3, 0.4) is 0 Å². The van der Waals surface area contributed by atoms with E-state index in [1.54, 1.807) is 0 Å². The van der Waals surface area contributed by atoms with Gasteiger partial charge in [-0.05, 0) is 71.4 Å². The summed E-state index contributed by atoms with van der Waals surface area (Å²) in [6, 6.07) is 53.1. The molecule has 6 aromatic carbocycles. The minimum absolute atomic E-state index is 0.648. The van der Waals surface area contributed by atoms with Gasteiger partial charge in [0.2, 0.25) is 5.95 Å². The average molecular weight is 614 g/mol. The molecule has 0 saturated heterocycles. The lowest BCUT2D eigenvalue weighted by molar-refractivity contribution is 1.01. The molecule has 224 valence electrons.